The van der Waals surface area contributed by atoms with Gasteiger partial charge in [-0.2, -0.15) is 0 Å². The van der Waals surface area contributed by atoms with E-state index in [0.717, 1.165) is 54.4 Å². The molecule has 0 N–H and O–H groups in total. The van der Waals surface area contributed by atoms with Gasteiger partial charge in [0.05, 0.1) is 0 Å². The third kappa shape index (κ3) is 5.06. The summed E-state index contributed by atoms with van der Waals surface area (Å²) in [4.78, 5) is 26.1. The molecule has 5 nitrogen and oxygen atoms in total. The van der Waals surface area contributed by atoms with Gasteiger partial charge in [0.25, 0.3) is 0 Å². The molecule has 0 saturated carbocycles. The molecule has 1 saturated heterocycles. The highest BCUT2D eigenvalue weighted by Crippen LogP contribution is 2.20. The maximum absolute atomic E-state index is 12.6. The van der Waals surface area contributed by atoms with Crippen LogP contribution in [-0.4, -0.2) is 47.0 Å². The summed E-state index contributed by atoms with van der Waals surface area (Å²) < 4.78 is 1.07. The summed E-state index contributed by atoms with van der Waals surface area (Å²) >= 11 is 3.55. The van der Waals surface area contributed by atoms with E-state index in [2.05, 4.69) is 45.7 Å². The molecule has 0 spiro atoms. The van der Waals surface area contributed by atoms with E-state index in [9.17, 15) is 4.79 Å². The number of hydrogen-bond donors (Lipinski definition) is 0. The Morgan fingerprint density at radius 2 is 1.85 bits per heavy atom. The molecule has 2 aromatic rings. The number of benzene rings is 1. The van der Waals surface area contributed by atoms with Gasteiger partial charge in [0.1, 0.15) is 11.6 Å². The first-order chi connectivity index (χ1) is 12.9. The second-order valence-corrected chi connectivity index (χ2v) is 8.19. The highest BCUT2D eigenvalue weighted by Gasteiger charge is 2.22. The van der Waals surface area contributed by atoms with Crippen molar-refractivity contribution in [2.45, 2.75) is 39.5 Å². The van der Waals surface area contributed by atoms with Gasteiger partial charge >= 0.3 is 0 Å². The van der Waals surface area contributed by atoms with Crippen molar-refractivity contribution in [3.63, 3.8) is 0 Å². The van der Waals surface area contributed by atoms with Crippen molar-refractivity contribution in [3.8, 4) is 0 Å². The predicted octanol–water partition coefficient (Wildman–Crippen LogP) is 3.95. The second kappa shape index (κ2) is 8.83. The summed E-state index contributed by atoms with van der Waals surface area (Å²) in [6.45, 7) is 9.35. The van der Waals surface area contributed by atoms with Crippen molar-refractivity contribution < 1.29 is 4.79 Å². The number of carbonyl (C=O) groups is 1. The summed E-state index contributed by atoms with van der Waals surface area (Å²) in [6.07, 6.45) is 1.32. The quantitative estimate of drug-likeness (QED) is 0.720. The van der Waals surface area contributed by atoms with Gasteiger partial charge in [-0.1, -0.05) is 48.0 Å². The Hall–Kier alpha value is -1.95. The highest BCUT2D eigenvalue weighted by molar-refractivity contribution is 9.10. The van der Waals surface area contributed by atoms with Crippen molar-refractivity contribution in [2.75, 3.05) is 31.1 Å². The van der Waals surface area contributed by atoms with Crippen LogP contribution in [0.3, 0.4) is 0 Å². The number of hydrogen-bond acceptors (Lipinski definition) is 4. The van der Waals surface area contributed by atoms with Crippen molar-refractivity contribution in [1.82, 2.24) is 14.9 Å². The van der Waals surface area contributed by atoms with Gasteiger partial charge < -0.3 is 9.80 Å². The number of anilines is 1. The molecule has 0 unspecified atom stereocenters. The molecule has 1 amide bonds. The van der Waals surface area contributed by atoms with Crippen LogP contribution in [0.15, 0.2) is 34.8 Å². The fraction of sp³-hybridized carbons (Fsp3) is 0.476. The minimum atomic E-state index is 0.229. The van der Waals surface area contributed by atoms with Crippen LogP contribution in [0.2, 0.25) is 0 Å². The lowest BCUT2D eigenvalue weighted by Crippen LogP contribution is -2.49. The molecule has 0 radical (unpaired) electrons. The normalized spacial score (nSPS) is 14.7. The maximum atomic E-state index is 12.6. The fourth-order valence-corrected chi connectivity index (χ4v) is 3.76. The Morgan fingerprint density at radius 1 is 1.15 bits per heavy atom. The van der Waals surface area contributed by atoms with Gasteiger partial charge in [-0.3, -0.25) is 4.79 Å². The summed E-state index contributed by atoms with van der Waals surface area (Å²) in [7, 11) is 0. The average molecular weight is 431 g/mol. The molecule has 0 aliphatic carbocycles. The molecule has 1 aliphatic heterocycles. The molecular weight excluding hydrogens is 404 g/mol. The number of amides is 1. The van der Waals surface area contributed by atoms with Gasteiger partial charge in [-0.05, 0) is 25.0 Å². The first kappa shape index (κ1) is 19.8. The van der Waals surface area contributed by atoms with E-state index in [4.69, 9.17) is 4.98 Å². The van der Waals surface area contributed by atoms with Crippen molar-refractivity contribution in [2.24, 2.45) is 0 Å². The minimum absolute atomic E-state index is 0.229. The standard InChI is InChI=1S/C21H27BrN4O/c1-15(2)21-23-16(3)14-19(24-21)25-10-12-26(13-11-25)20(27)9-8-17-6-4-5-7-18(17)22/h4-7,14-15H,8-13H2,1-3H3. The van der Waals surface area contributed by atoms with E-state index in [1.165, 1.54) is 5.56 Å². The average Bonchev–Trinajstić information content (AvgIpc) is 2.66. The lowest BCUT2D eigenvalue weighted by atomic mass is 10.1. The van der Waals surface area contributed by atoms with E-state index in [1.54, 1.807) is 0 Å². The van der Waals surface area contributed by atoms with Crippen molar-refractivity contribution in [1.29, 1.82) is 0 Å². The van der Waals surface area contributed by atoms with E-state index >= 15 is 0 Å². The molecule has 1 aromatic heterocycles. The smallest absolute Gasteiger partial charge is 0.223 e. The van der Waals surface area contributed by atoms with E-state index in [-0.39, 0.29) is 5.91 Å². The molecule has 3 rings (SSSR count). The summed E-state index contributed by atoms with van der Waals surface area (Å²) in [5.74, 6) is 2.40. The molecule has 0 bridgehead atoms. The number of aryl methyl sites for hydroxylation is 2. The molecule has 2 heterocycles. The fourth-order valence-electron chi connectivity index (χ4n) is 3.28. The molecule has 1 fully saturated rings. The van der Waals surface area contributed by atoms with E-state index in [0.29, 0.717) is 12.3 Å². The number of halogens is 1. The lowest BCUT2D eigenvalue weighted by Gasteiger charge is -2.35. The Kier molecular flexibility index (Phi) is 6.47. The van der Waals surface area contributed by atoms with Crippen molar-refractivity contribution >= 4 is 27.7 Å². The molecule has 6 heteroatoms. The Balaban J connectivity index is 1.55. The van der Waals surface area contributed by atoms with Gasteiger partial charge in [0.2, 0.25) is 5.91 Å². The molecule has 1 aromatic carbocycles. The number of aromatic nitrogens is 2. The van der Waals surface area contributed by atoms with Gasteiger partial charge in [-0.15, -0.1) is 0 Å². The number of nitrogens with zero attached hydrogens (tertiary/aromatic N) is 4. The third-order valence-electron chi connectivity index (χ3n) is 4.90. The zero-order valence-corrected chi connectivity index (χ0v) is 17.9. The second-order valence-electron chi connectivity index (χ2n) is 7.34. The number of rotatable bonds is 5. The maximum Gasteiger partial charge on any atom is 0.223 e. The van der Waals surface area contributed by atoms with Crippen LogP contribution < -0.4 is 4.90 Å². The molecule has 1 aliphatic rings. The first-order valence-corrected chi connectivity index (χ1v) is 10.3. The predicted molar refractivity (Wildman–Crippen MR) is 112 cm³/mol. The van der Waals surface area contributed by atoms with Crippen LogP contribution >= 0.6 is 15.9 Å². The van der Waals surface area contributed by atoms with Crippen LogP contribution in [0.4, 0.5) is 5.82 Å². The molecule has 27 heavy (non-hydrogen) atoms. The van der Waals surface area contributed by atoms with Crippen LogP contribution in [0.1, 0.15) is 43.3 Å². The third-order valence-corrected chi connectivity index (χ3v) is 5.67. The van der Waals surface area contributed by atoms with Crippen LogP contribution in [0, 0.1) is 6.92 Å². The van der Waals surface area contributed by atoms with Crippen LogP contribution in [0.25, 0.3) is 0 Å². The topological polar surface area (TPSA) is 49.3 Å². The summed E-state index contributed by atoms with van der Waals surface area (Å²) in [6, 6.07) is 10.1. The van der Waals surface area contributed by atoms with Gasteiger partial charge in [0, 0.05) is 54.8 Å². The van der Waals surface area contributed by atoms with E-state index < -0.39 is 0 Å². The van der Waals surface area contributed by atoms with Crippen LogP contribution in [-0.2, 0) is 11.2 Å². The summed E-state index contributed by atoms with van der Waals surface area (Å²) in [5, 5.41) is 0. The zero-order valence-electron chi connectivity index (χ0n) is 16.3. The van der Waals surface area contributed by atoms with Gasteiger partial charge in [0.15, 0.2) is 0 Å². The van der Waals surface area contributed by atoms with Crippen LogP contribution in [0.5, 0.6) is 0 Å². The molecule has 0 atom stereocenters. The van der Waals surface area contributed by atoms with Gasteiger partial charge in [-0.25, -0.2) is 9.97 Å². The SMILES string of the molecule is Cc1cc(N2CCN(C(=O)CCc3ccccc3Br)CC2)nc(C(C)C)n1. The minimum Gasteiger partial charge on any atom is -0.353 e. The number of carbonyl (C=O) groups excluding carboxylic acids is 1. The Morgan fingerprint density at radius 3 is 2.52 bits per heavy atom. The number of piperazine rings is 1. The summed E-state index contributed by atoms with van der Waals surface area (Å²) in [5.41, 5.74) is 2.18. The Labute approximate surface area is 169 Å². The molecular formula is C21H27BrN4O. The Bertz CT molecular complexity index is 801. The largest absolute Gasteiger partial charge is 0.353 e. The lowest BCUT2D eigenvalue weighted by molar-refractivity contribution is -0.131. The molecule has 144 valence electrons. The first-order valence-electron chi connectivity index (χ1n) is 9.55. The highest BCUT2D eigenvalue weighted by atomic mass is 79.9. The monoisotopic (exact) mass is 430 g/mol. The van der Waals surface area contributed by atoms with Crippen molar-refractivity contribution in [3.05, 3.63) is 51.9 Å². The van der Waals surface area contributed by atoms with E-state index in [1.807, 2.05) is 36.1 Å². The zero-order chi connectivity index (χ0) is 19.4.